The van der Waals surface area contributed by atoms with E-state index in [1.807, 2.05) is 11.0 Å². The van der Waals surface area contributed by atoms with E-state index in [9.17, 15) is 18.3 Å². The van der Waals surface area contributed by atoms with E-state index in [1.165, 1.54) is 6.26 Å². The Morgan fingerprint density at radius 2 is 1.72 bits per heavy atom. The van der Waals surface area contributed by atoms with E-state index in [1.54, 1.807) is 60.7 Å². The van der Waals surface area contributed by atoms with Gasteiger partial charge in [0.25, 0.3) is 5.91 Å². The van der Waals surface area contributed by atoms with E-state index in [-0.39, 0.29) is 16.6 Å². The summed E-state index contributed by atoms with van der Waals surface area (Å²) in [5.41, 5.74) is 3.68. The molecule has 1 amide bonds. The number of fused-ring (bicyclic) bond motifs is 1. The molecule has 0 unspecified atom stereocenters. The first-order valence-electron chi connectivity index (χ1n) is 11.5. The summed E-state index contributed by atoms with van der Waals surface area (Å²) >= 11 is 0. The van der Waals surface area contributed by atoms with Crippen molar-refractivity contribution in [1.82, 2.24) is 25.4 Å². The topological polar surface area (TPSA) is 128 Å². The molecule has 1 saturated heterocycles. The molecule has 0 saturated carbocycles. The Morgan fingerprint density at radius 1 is 1.03 bits per heavy atom. The summed E-state index contributed by atoms with van der Waals surface area (Å²) in [4.78, 5) is 20.4. The van der Waals surface area contributed by atoms with Gasteiger partial charge in [0.05, 0.1) is 27.2 Å². The molecule has 4 aromatic rings. The van der Waals surface area contributed by atoms with Crippen LogP contribution in [0.2, 0.25) is 0 Å². The number of aromatic amines is 1. The Morgan fingerprint density at radius 3 is 2.39 bits per heavy atom. The maximum absolute atomic E-state index is 13.6. The molecular weight excluding hydrogens is 478 g/mol. The van der Waals surface area contributed by atoms with Gasteiger partial charge in [-0.3, -0.25) is 9.89 Å². The smallest absolute Gasteiger partial charge is 0.254 e. The Bertz CT molecular complexity index is 1550. The maximum Gasteiger partial charge on any atom is 0.254 e. The van der Waals surface area contributed by atoms with E-state index in [0.717, 1.165) is 24.2 Å². The fourth-order valence-corrected chi connectivity index (χ4v) is 4.79. The number of rotatable bonds is 5. The van der Waals surface area contributed by atoms with Crippen molar-refractivity contribution in [1.29, 1.82) is 0 Å². The van der Waals surface area contributed by atoms with Gasteiger partial charge in [0.15, 0.2) is 15.5 Å². The summed E-state index contributed by atoms with van der Waals surface area (Å²) in [7, 11) is -3.27. The third-order valence-electron chi connectivity index (χ3n) is 6.10. The number of pyridine rings is 1. The summed E-state index contributed by atoms with van der Waals surface area (Å²) in [6, 6.07) is 15.0. The quantitative estimate of drug-likeness (QED) is 0.382. The summed E-state index contributed by atoms with van der Waals surface area (Å²) < 4.78 is 23.4. The molecule has 0 radical (unpaired) electrons. The van der Waals surface area contributed by atoms with Crippen LogP contribution in [-0.4, -0.2) is 71.9 Å². The Labute approximate surface area is 208 Å². The minimum atomic E-state index is -3.27. The molecule has 2 aromatic carbocycles. The zero-order valence-corrected chi connectivity index (χ0v) is 20.4. The molecule has 5 rings (SSSR count). The van der Waals surface area contributed by atoms with Gasteiger partial charge >= 0.3 is 0 Å². The number of nitrogens with zero attached hydrogens (tertiary/aromatic N) is 3. The van der Waals surface area contributed by atoms with Gasteiger partial charge in [0.1, 0.15) is 5.75 Å². The molecule has 10 heteroatoms. The van der Waals surface area contributed by atoms with Crippen LogP contribution in [0.25, 0.3) is 34.4 Å². The molecule has 3 N–H and O–H groups in total. The second kappa shape index (κ2) is 9.56. The highest BCUT2D eigenvalue weighted by Crippen LogP contribution is 2.29. The first-order valence-corrected chi connectivity index (χ1v) is 13.4. The van der Waals surface area contributed by atoms with E-state index in [0.29, 0.717) is 41.1 Å². The number of aromatic hydroxyl groups is 1. The molecule has 1 aliphatic rings. The van der Waals surface area contributed by atoms with Crippen LogP contribution < -0.4 is 5.32 Å². The Kier molecular flexibility index (Phi) is 6.29. The zero-order chi connectivity index (χ0) is 25.3. The van der Waals surface area contributed by atoms with Gasteiger partial charge in [-0.25, -0.2) is 13.4 Å². The molecule has 0 aliphatic carbocycles. The minimum absolute atomic E-state index is 0.0996. The molecular formula is C26H25N5O4S. The van der Waals surface area contributed by atoms with Gasteiger partial charge in [0, 0.05) is 38.0 Å². The lowest BCUT2D eigenvalue weighted by Gasteiger charge is -2.27. The standard InChI is InChI=1S/C26H25N5O4S/c1-36(34,35)20-9-2-17(3-10-20)4-11-22-24-21(26(33)31-14-12-27-13-15-31)16-23(28-25(24)30-29-22)18-5-7-19(32)8-6-18/h2-11,16,27,32H,12-15H2,1H3,(H,28,29,30)/b11-4+. The number of hydrogen-bond acceptors (Lipinski definition) is 7. The Hall–Kier alpha value is -4.02. The molecule has 0 atom stereocenters. The molecule has 36 heavy (non-hydrogen) atoms. The highest BCUT2D eigenvalue weighted by atomic mass is 32.2. The van der Waals surface area contributed by atoms with Crippen LogP contribution in [0.4, 0.5) is 0 Å². The number of amides is 1. The lowest BCUT2D eigenvalue weighted by Crippen LogP contribution is -2.46. The maximum atomic E-state index is 13.6. The lowest BCUT2D eigenvalue weighted by atomic mass is 10.0. The number of H-pyrrole nitrogens is 1. The number of benzene rings is 2. The lowest BCUT2D eigenvalue weighted by molar-refractivity contribution is 0.0737. The summed E-state index contributed by atoms with van der Waals surface area (Å²) in [5.74, 6) is 0.0490. The second-order valence-electron chi connectivity index (χ2n) is 8.65. The van der Waals surface area contributed by atoms with Crippen molar-refractivity contribution in [3.8, 4) is 17.0 Å². The third-order valence-corrected chi connectivity index (χ3v) is 7.23. The van der Waals surface area contributed by atoms with Crippen molar-refractivity contribution in [3.05, 3.63) is 71.4 Å². The van der Waals surface area contributed by atoms with Crippen molar-refractivity contribution < 1.29 is 18.3 Å². The van der Waals surface area contributed by atoms with Gasteiger partial charge in [-0.15, -0.1) is 0 Å². The van der Waals surface area contributed by atoms with Crippen LogP contribution in [0.5, 0.6) is 5.75 Å². The van der Waals surface area contributed by atoms with Crippen molar-refractivity contribution in [2.45, 2.75) is 4.90 Å². The van der Waals surface area contributed by atoms with Crippen LogP contribution in [0.3, 0.4) is 0 Å². The van der Waals surface area contributed by atoms with Crippen molar-refractivity contribution in [2.75, 3.05) is 32.4 Å². The number of carbonyl (C=O) groups excluding carboxylic acids is 1. The number of sulfone groups is 1. The van der Waals surface area contributed by atoms with Crippen LogP contribution in [-0.2, 0) is 9.84 Å². The largest absolute Gasteiger partial charge is 0.508 e. The van der Waals surface area contributed by atoms with E-state index in [2.05, 4.69) is 15.5 Å². The van der Waals surface area contributed by atoms with Gasteiger partial charge in [0.2, 0.25) is 0 Å². The van der Waals surface area contributed by atoms with Gasteiger partial charge in [-0.05, 0) is 54.1 Å². The normalized spacial score (nSPS) is 14.5. The van der Waals surface area contributed by atoms with Crippen LogP contribution in [0, 0.1) is 0 Å². The fourth-order valence-electron chi connectivity index (χ4n) is 4.16. The van der Waals surface area contributed by atoms with Crippen LogP contribution in [0.1, 0.15) is 21.6 Å². The van der Waals surface area contributed by atoms with Crippen molar-refractivity contribution >= 4 is 38.9 Å². The highest BCUT2D eigenvalue weighted by Gasteiger charge is 2.24. The molecule has 184 valence electrons. The molecule has 2 aromatic heterocycles. The molecule has 1 fully saturated rings. The monoisotopic (exact) mass is 503 g/mol. The second-order valence-corrected chi connectivity index (χ2v) is 10.7. The number of phenolic OH excluding ortho intramolecular Hbond substituents is 1. The van der Waals surface area contributed by atoms with Crippen LogP contribution >= 0.6 is 0 Å². The summed E-state index contributed by atoms with van der Waals surface area (Å²) in [6.07, 6.45) is 4.77. The summed E-state index contributed by atoms with van der Waals surface area (Å²) in [5, 5.41) is 20.9. The van der Waals surface area contributed by atoms with Crippen molar-refractivity contribution in [2.24, 2.45) is 0 Å². The first kappa shape index (κ1) is 23.7. The SMILES string of the molecule is CS(=O)(=O)c1ccc(/C=C/c2n[nH]c3nc(-c4ccc(O)cc4)cc(C(=O)N4CCNCC4)c23)cc1. The Balaban J connectivity index is 1.57. The fraction of sp³-hybridized carbons (Fsp3) is 0.192. The highest BCUT2D eigenvalue weighted by molar-refractivity contribution is 7.90. The van der Waals surface area contributed by atoms with E-state index < -0.39 is 9.84 Å². The molecule has 1 aliphatic heterocycles. The third kappa shape index (κ3) is 4.86. The number of nitrogens with one attached hydrogen (secondary N) is 2. The average Bonchev–Trinajstić information content (AvgIpc) is 3.30. The number of piperazine rings is 1. The minimum Gasteiger partial charge on any atom is -0.508 e. The average molecular weight is 504 g/mol. The molecule has 0 spiro atoms. The van der Waals surface area contributed by atoms with Crippen LogP contribution in [0.15, 0.2) is 59.5 Å². The number of aromatic nitrogens is 3. The number of carbonyl (C=O) groups is 1. The van der Waals surface area contributed by atoms with Gasteiger partial charge in [-0.1, -0.05) is 18.2 Å². The van der Waals surface area contributed by atoms with Crippen molar-refractivity contribution in [3.63, 3.8) is 0 Å². The summed E-state index contributed by atoms with van der Waals surface area (Å²) in [6.45, 7) is 2.67. The van der Waals surface area contributed by atoms with E-state index >= 15 is 0 Å². The number of hydrogen-bond donors (Lipinski definition) is 3. The number of phenols is 1. The molecule has 9 nitrogen and oxygen atoms in total. The zero-order valence-electron chi connectivity index (χ0n) is 19.6. The van der Waals surface area contributed by atoms with Gasteiger partial charge < -0.3 is 15.3 Å². The van der Waals surface area contributed by atoms with E-state index in [4.69, 9.17) is 4.98 Å². The molecule has 0 bridgehead atoms. The predicted molar refractivity (Wildman–Crippen MR) is 138 cm³/mol. The van der Waals surface area contributed by atoms with Gasteiger partial charge in [-0.2, -0.15) is 5.10 Å². The molecule has 3 heterocycles. The predicted octanol–water partition coefficient (Wildman–Crippen LogP) is 2.95. The first-order chi connectivity index (χ1) is 17.3.